The van der Waals surface area contributed by atoms with Gasteiger partial charge in [0.2, 0.25) is 0 Å². The summed E-state index contributed by atoms with van der Waals surface area (Å²) in [5.74, 6) is -1.38. The van der Waals surface area contributed by atoms with Gasteiger partial charge in [0.1, 0.15) is 5.69 Å². The van der Waals surface area contributed by atoms with Crippen molar-refractivity contribution in [2.75, 3.05) is 13.1 Å². The zero-order valence-electron chi connectivity index (χ0n) is 13.1. The van der Waals surface area contributed by atoms with E-state index in [-0.39, 0.29) is 29.0 Å². The average molecular weight is 307 g/mol. The average Bonchev–Trinajstić information content (AvgIpc) is 2.46. The molecule has 7 heteroatoms. The molecule has 1 amide bonds. The molecule has 22 heavy (non-hydrogen) atoms. The molecule has 1 aliphatic rings. The van der Waals surface area contributed by atoms with Crippen LogP contribution in [-0.4, -0.2) is 56.6 Å². The van der Waals surface area contributed by atoms with Crippen LogP contribution in [0.3, 0.4) is 0 Å². The van der Waals surface area contributed by atoms with Gasteiger partial charge in [-0.15, -0.1) is 0 Å². The highest BCUT2D eigenvalue weighted by Crippen LogP contribution is 2.20. The number of amides is 1. The van der Waals surface area contributed by atoms with E-state index in [1.165, 1.54) is 6.20 Å². The van der Waals surface area contributed by atoms with E-state index < -0.39 is 5.97 Å². The number of carbonyl (C=O) groups is 2. The number of ether oxygens (including phenoxy) is 1. The van der Waals surface area contributed by atoms with E-state index in [2.05, 4.69) is 9.97 Å². The van der Waals surface area contributed by atoms with E-state index in [0.717, 1.165) is 19.0 Å². The highest BCUT2D eigenvalue weighted by molar-refractivity contribution is 5.92. The first-order chi connectivity index (χ1) is 10.3. The number of rotatable bonds is 3. The van der Waals surface area contributed by atoms with Crippen LogP contribution in [0.4, 0.5) is 0 Å². The Kier molecular flexibility index (Phi) is 4.75. The van der Waals surface area contributed by atoms with Crippen LogP contribution >= 0.6 is 0 Å². The molecule has 0 spiro atoms. The topological polar surface area (TPSA) is 92.6 Å². The van der Waals surface area contributed by atoms with Gasteiger partial charge in [0.15, 0.2) is 5.69 Å². The Hall–Kier alpha value is -2.02. The summed E-state index contributed by atoms with van der Waals surface area (Å²) >= 11 is 0. The van der Waals surface area contributed by atoms with Crippen molar-refractivity contribution in [2.24, 2.45) is 0 Å². The molecule has 1 N–H and O–H groups in total. The number of carboxylic acid groups (broad SMARTS) is 1. The molecule has 120 valence electrons. The third-order valence-electron chi connectivity index (χ3n) is 3.34. The van der Waals surface area contributed by atoms with Crippen molar-refractivity contribution in [3.05, 3.63) is 23.8 Å². The molecule has 0 aromatic carbocycles. The smallest absolute Gasteiger partial charge is 0.356 e. The fraction of sp³-hybridized carbons (Fsp3) is 0.600. The molecule has 0 atom stereocenters. The van der Waals surface area contributed by atoms with Crippen LogP contribution in [0.1, 0.15) is 54.6 Å². The predicted molar refractivity (Wildman–Crippen MR) is 78.8 cm³/mol. The minimum atomic E-state index is -1.16. The van der Waals surface area contributed by atoms with Crippen LogP contribution in [0, 0.1) is 0 Å². The van der Waals surface area contributed by atoms with Crippen LogP contribution in [0.25, 0.3) is 0 Å². The van der Waals surface area contributed by atoms with Gasteiger partial charge in [-0.25, -0.2) is 14.8 Å². The second-order valence-corrected chi connectivity index (χ2v) is 6.31. The Morgan fingerprint density at radius 2 is 1.73 bits per heavy atom. The first-order valence-corrected chi connectivity index (χ1v) is 7.29. The highest BCUT2D eigenvalue weighted by Gasteiger charge is 2.27. The molecule has 1 aromatic heterocycles. The molecule has 2 heterocycles. The monoisotopic (exact) mass is 307 g/mol. The van der Waals surface area contributed by atoms with E-state index in [9.17, 15) is 9.59 Å². The van der Waals surface area contributed by atoms with Crippen molar-refractivity contribution in [2.45, 2.75) is 45.3 Å². The van der Waals surface area contributed by atoms with Crippen LogP contribution < -0.4 is 0 Å². The van der Waals surface area contributed by atoms with Crippen molar-refractivity contribution in [3.8, 4) is 0 Å². The van der Waals surface area contributed by atoms with Gasteiger partial charge in [-0.2, -0.15) is 0 Å². The molecule has 0 bridgehead atoms. The standard InChI is InChI=1S/C15H21N3O4/c1-15(2,3)22-10-4-6-18(7-5-10)13(19)11-8-17-12(9-16-11)14(20)21/h8-10H,4-7H2,1-3H3,(H,20,21). The van der Waals surface area contributed by atoms with E-state index in [4.69, 9.17) is 9.84 Å². The number of piperidine rings is 1. The Balaban J connectivity index is 1.93. The van der Waals surface area contributed by atoms with Gasteiger partial charge in [0, 0.05) is 13.1 Å². The molecule has 1 aromatic rings. The number of aromatic carboxylic acids is 1. The highest BCUT2D eigenvalue weighted by atomic mass is 16.5. The molecular weight excluding hydrogens is 286 g/mol. The maximum Gasteiger partial charge on any atom is 0.356 e. The van der Waals surface area contributed by atoms with E-state index in [0.29, 0.717) is 13.1 Å². The third-order valence-corrected chi connectivity index (χ3v) is 3.34. The second-order valence-electron chi connectivity index (χ2n) is 6.31. The van der Waals surface area contributed by atoms with Gasteiger partial charge in [0.25, 0.3) is 5.91 Å². The molecule has 1 aliphatic heterocycles. The van der Waals surface area contributed by atoms with Gasteiger partial charge >= 0.3 is 5.97 Å². The Bertz CT molecular complexity index is 543. The van der Waals surface area contributed by atoms with E-state index >= 15 is 0 Å². The number of hydrogen-bond donors (Lipinski definition) is 1. The molecule has 7 nitrogen and oxygen atoms in total. The minimum absolute atomic E-state index is 0.157. The molecule has 0 unspecified atom stereocenters. The Morgan fingerprint density at radius 1 is 1.18 bits per heavy atom. The molecule has 1 fully saturated rings. The molecule has 1 saturated heterocycles. The third kappa shape index (κ3) is 4.24. The number of carboxylic acids is 1. The lowest BCUT2D eigenvalue weighted by molar-refractivity contribution is -0.0791. The lowest BCUT2D eigenvalue weighted by atomic mass is 10.1. The summed E-state index contributed by atoms with van der Waals surface area (Å²) in [4.78, 5) is 32.3. The zero-order chi connectivity index (χ0) is 16.3. The van der Waals surface area contributed by atoms with Gasteiger partial charge < -0.3 is 14.7 Å². The summed E-state index contributed by atoms with van der Waals surface area (Å²) < 4.78 is 5.92. The summed E-state index contributed by atoms with van der Waals surface area (Å²) in [6.07, 6.45) is 4.03. The van der Waals surface area contributed by atoms with Crippen LogP contribution in [0.5, 0.6) is 0 Å². The van der Waals surface area contributed by atoms with Gasteiger partial charge in [-0.3, -0.25) is 4.79 Å². The van der Waals surface area contributed by atoms with E-state index in [1.54, 1.807) is 4.90 Å². The van der Waals surface area contributed by atoms with Gasteiger partial charge in [-0.1, -0.05) is 0 Å². The minimum Gasteiger partial charge on any atom is -0.476 e. The Morgan fingerprint density at radius 3 is 2.18 bits per heavy atom. The number of carbonyl (C=O) groups excluding carboxylic acids is 1. The maximum absolute atomic E-state index is 12.3. The first kappa shape index (κ1) is 16.4. The van der Waals surface area contributed by atoms with Crippen molar-refractivity contribution in [1.29, 1.82) is 0 Å². The van der Waals surface area contributed by atoms with Crippen LogP contribution in [-0.2, 0) is 4.74 Å². The van der Waals surface area contributed by atoms with Crippen molar-refractivity contribution in [3.63, 3.8) is 0 Å². The summed E-state index contributed by atoms with van der Waals surface area (Å²) in [5, 5.41) is 8.77. The first-order valence-electron chi connectivity index (χ1n) is 7.29. The van der Waals surface area contributed by atoms with E-state index in [1.807, 2.05) is 20.8 Å². The number of nitrogens with zero attached hydrogens (tertiary/aromatic N) is 3. The normalized spacial score (nSPS) is 16.6. The Labute approximate surface area is 129 Å². The quantitative estimate of drug-likeness (QED) is 0.911. The van der Waals surface area contributed by atoms with Crippen LogP contribution in [0.15, 0.2) is 12.4 Å². The lowest BCUT2D eigenvalue weighted by Gasteiger charge is -2.35. The zero-order valence-corrected chi connectivity index (χ0v) is 13.1. The fourth-order valence-corrected chi connectivity index (χ4v) is 2.39. The number of aromatic nitrogens is 2. The summed E-state index contributed by atoms with van der Waals surface area (Å²) in [5.41, 5.74) is -0.191. The second kappa shape index (κ2) is 6.39. The van der Waals surface area contributed by atoms with Crippen molar-refractivity contribution < 1.29 is 19.4 Å². The molecule has 2 rings (SSSR count). The largest absolute Gasteiger partial charge is 0.476 e. The van der Waals surface area contributed by atoms with Gasteiger partial charge in [0.05, 0.1) is 24.1 Å². The van der Waals surface area contributed by atoms with Crippen LogP contribution in [0.2, 0.25) is 0 Å². The number of hydrogen-bond acceptors (Lipinski definition) is 5. The summed E-state index contributed by atoms with van der Waals surface area (Å²) in [6.45, 7) is 7.25. The summed E-state index contributed by atoms with van der Waals surface area (Å²) in [7, 11) is 0. The van der Waals surface area contributed by atoms with Gasteiger partial charge in [-0.05, 0) is 33.6 Å². The predicted octanol–water partition coefficient (Wildman–Crippen LogP) is 1.59. The maximum atomic E-state index is 12.3. The number of likely N-dealkylation sites (tertiary alicyclic amines) is 1. The summed E-state index contributed by atoms with van der Waals surface area (Å²) in [6, 6.07) is 0. The fourth-order valence-electron chi connectivity index (χ4n) is 2.39. The lowest BCUT2D eigenvalue weighted by Crippen LogP contribution is -2.43. The van der Waals surface area contributed by atoms with Crippen molar-refractivity contribution >= 4 is 11.9 Å². The molecular formula is C15H21N3O4. The molecule has 0 saturated carbocycles. The molecule has 0 aliphatic carbocycles. The van der Waals surface area contributed by atoms with Crippen molar-refractivity contribution in [1.82, 2.24) is 14.9 Å². The SMILES string of the molecule is CC(C)(C)OC1CCN(C(=O)c2cnc(C(=O)O)cn2)CC1. The molecule has 0 radical (unpaired) electrons.